The van der Waals surface area contributed by atoms with Gasteiger partial charge in [0.25, 0.3) is 0 Å². The molecule has 1 heterocycles. The molecule has 0 radical (unpaired) electrons. The Morgan fingerprint density at radius 1 is 1.00 bits per heavy atom. The Morgan fingerprint density at radius 3 is 2.31 bits per heavy atom. The molecule has 3 aliphatic carbocycles. The first-order valence-electron chi connectivity index (χ1n) is 9.81. The first-order valence-corrected chi connectivity index (χ1v) is 9.81. The van der Waals surface area contributed by atoms with Gasteiger partial charge in [0, 0.05) is 23.2 Å². The summed E-state index contributed by atoms with van der Waals surface area (Å²) in [6, 6.07) is 0. The first-order chi connectivity index (χ1) is 12.0. The zero-order valence-electron chi connectivity index (χ0n) is 15.9. The van der Waals surface area contributed by atoms with Crippen LogP contribution in [-0.2, 0) is 14.3 Å². The van der Waals surface area contributed by atoms with Gasteiger partial charge in [0.2, 0.25) is 0 Å². The Bertz CT molecular complexity index is 648. The largest absolute Gasteiger partial charge is 0.462 e. The van der Waals surface area contributed by atoms with E-state index in [1.165, 1.54) is 0 Å². The quantitative estimate of drug-likeness (QED) is 0.551. The highest BCUT2D eigenvalue weighted by Gasteiger charge is 2.73. The fraction of sp³-hybridized carbons (Fsp3) is 0.900. The van der Waals surface area contributed by atoms with Crippen LogP contribution in [0, 0.1) is 40.4 Å². The topological polar surface area (TPSA) is 104 Å². The average molecular weight is 366 g/mol. The fourth-order valence-electron chi connectivity index (χ4n) is 7.38. The van der Waals surface area contributed by atoms with E-state index in [1.54, 1.807) is 0 Å². The number of ether oxygens (including phenoxy) is 1. The van der Waals surface area contributed by atoms with E-state index in [4.69, 9.17) is 4.74 Å². The van der Waals surface area contributed by atoms with E-state index in [1.807, 2.05) is 27.7 Å². The highest BCUT2D eigenvalue weighted by atomic mass is 16.5. The molecule has 26 heavy (non-hydrogen) atoms. The summed E-state index contributed by atoms with van der Waals surface area (Å²) in [6.45, 7) is 7.73. The minimum Gasteiger partial charge on any atom is -0.462 e. The highest BCUT2D eigenvalue weighted by molar-refractivity contribution is 5.89. The third-order valence-corrected chi connectivity index (χ3v) is 8.67. The molecule has 0 unspecified atom stereocenters. The summed E-state index contributed by atoms with van der Waals surface area (Å²) >= 11 is 0. The standard InChI is InChI=1S/C20H30O6/c1-8-5-12(21)18(25)20(4)10(8)6-13-19(3)11(7-14(22)26-13)9(2)15(23)16(24)17(19)20/h8-13,15,17-18,21,23,25H,5-7H2,1-4H3/t8-,9-,10-,11+,12+,13-,15+,17-,18-,19-,20+/m1/s1. The molecule has 3 saturated carbocycles. The molecule has 4 aliphatic rings. The number of ketones is 1. The lowest BCUT2D eigenvalue weighted by atomic mass is 9.37. The number of carbonyl (C=O) groups excluding carboxylic acids is 2. The van der Waals surface area contributed by atoms with E-state index in [0.717, 1.165) is 0 Å². The SMILES string of the molecule is C[C@H]1[C@H](O)C(=O)[C@H]2[C@@]3(C)[C@H](O)[C@@H](O)C[C@@H](C)[C@H]3C[C@H]3OC(=O)C[C@@H]1[C@@]23C. The molecule has 4 fully saturated rings. The number of hydrogen-bond acceptors (Lipinski definition) is 6. The summed E-state index contributed by atoms with van der Waals surface area (Å²) in [5, 5.41) is 32.1. The lowest BCUT2D eigenvalue weighted by molar-refractivity contribution is -0.273. The molecule has 146 valence electrons. The smallest absolute Gasteiger partial charge is 0.306 e. The number of hydrogen-bond donors (Lipinski definition) is 3. The molecule has 6 nitrogen and oxygen atoms in total. The maximum absolute atomic E-state index is 13.3. The van der Waals surface area contributed by atoms with Crippen LogP contribution in [0.15, 0.2) is 0 Å². The molecule has 0 bridgehead atoms. The van der Waals surface area contributed by atoms with Crippen molar-refractivity contribution in [1.82, 2.24) is 0 Å². The van der Waals surface area contributed by atoms with Gasteiger partial charge in [-0.05, 0) is 36.5 Å². The van der Waals surface area contributed by atoms with Crippen molar-refractivity contribution in [2.45, 2.75) is 71.4 Å². The Kier molecular flexibility index (Phi) is 3.90. The molecule has 0 aromatic heterocycles. The Balaban J connectivity index is 1.91. The summed E-state index contributed by atoms with van der Waals surface area (Å²) in [7, 11) is 0. The molecule has 1 saturated heterocycles. The van der Waals surface area contributed by atoms with E-state index < -0.39 is 35.1 Å². The summed E-state index contributed by atoms with van der Waals surface area (Å²) in [5.74, 6) is -1.65. The molecule has 0 aromatic rings. The summed E-state index contributed by atoms with van der Waals surface area (Å²) < 4.78 is 5.75. The lowest BCUT2D eigenvalue weighted by Gasteiger charge is -2.68. The number of fused-ring (bicyclic) bond motifs is 2. The molecule has 3 N–H and O–H groups in total. The van der Waals surface area contributed by atoms with E-state index >= 15 is 0 Å². The van der Waals surface area contributed by atoms with Gasteiger partial charge in [0.15, 0.2) is 5.78 Å². The van der Waals surface area contributed by atoms with Gasteiger partial charge in [0.05, 0.1) is 12.2 Å². The molecule has 0 aromatic carbocycles. The molecule has 0 spiro atoms. The highest BCUT2D eigenvalue weighted by Crippen LogP contribution is 2.68. The normalized spacial score (nSPS) is 59.3. The Labute approximate surface area is 153 Å². The molecule has 0 amide bonds. The van der Waals surface area contributed by atoms with E-state index in [9.17, 15) is 24.9 Å². The number of carbonyl (C=O) groups is 2. The number of aliphatic hydroxyl groups is 3. The van der Waals surface area contributed by atoms with Crippen molar-refractivity contribution in [3.8, 4) is 0 Å². The van der Waals surface area contributed by atoms with Crippen molar-refractivity contribution in [3.05, 3.63) is 0 Å². The number of esters is 1. The molecule has 11 atom stereocenters. The van der Waals surface area contributed by atoms with Gasteiger partial charge in [-0.3, -0.25) is 9.59 Å². The van der Waals surface area contributed by atoms with Gasteiger partial charge in [-0.2, -0.15) is 0 Å². The molecular formula is C20H30O6. The van der Waals surface area contributed by atoms with Gasteiger partial charge in [-0.1, -0.05) is 27.7 Å². The van der Waals surface area contributed by atoms with Gasteiger partial charge in [-0.25, -0.2) is 0 Å². The van der Waals surface area contributed by atoms with E-state index in [-0.39, 0.29) is 47.9 Å². The minimum atomic E-state index is -1.15. The Morgan fingerprint density at radius 2 is 1.65 bits per heavy atom. The predicted octanol–water partition coefficient (Wildman–Crippen LogP) is 0.908. The molecule has 1 aliphatic heterocycles. The third kappa shape index (κ3) is 1.98. The second-order valence-electron chi connectivity index (χ2n) is 9.73. The second-order valence-corrected chi connectivity index (χ2v) is 9.73. The van der Waals surface area contributed by atoms with Crippen molar-refractivity contribution in [3.63, 3.8) is 0 Å². The van der Waals surface area contributed by atoms with E-state index in [2.05, 4.69) is 0 Å². The fourth-order valence-corrected chi connectivity index (χ4v) is 7.38. The van der Waals surface area contributed by atoms with Crippen LogP contribution in [0.4, 0.5) is 0 Å². The van der Waals surface area contributed by atoms with Gasteiger partial charge >= 0.3 is 5.97 Å². The average Bonchev–Trinajstić information content (AvgIpc) is 2.56. The number of Topliss-reactive ketones (excluding diaryl/α,β-unsaturated/α-hetero) is 1. The summed E-state index contributed by atoms with van der Waals surface area (Å²) in [4.78, 5) is 25.6. The van der Waals surface area contributed by atoms with Crippen LogP contribution in [-0.4, -0.2) is 51.5 Å². The van der Waals surface area contributed by atoms with Crippen LogP contribution in [0.3, 0.4) is 0 Å². The molecule has 6 heteroatoms. The second kappa shape index (κ2) is 5.52. The number of rotatable bonds is 0. The van der Waals surface area contributed by atoms with Crippen molar-refractivity contribution in [2.24, 2.45) is 40.4 Å². The van der Waals surface area contributed by atoms with Crippen molar-refractivity contribution in [2.75, 3.05) is 0 Å². The third-order valence-electron chi connectivity index (χ3n) is 8.67. The van der Waals surface area contributed by atoms with Crippen LogP contribution in [0.1, 0.15) is 47.0 Å². The van der Waals surface area contributed by atoms with Gasteiger partial charge in [0.1, 0.15) is 12.2 Å². The number of aliphatic hydroxyl groups excluding tert-OH is 3. The lowest BCUT2D eigenvalue weighted by Crippen LogP contribution is -2.74. The van der Waals surface area contributed by atoms with Crippen LogP contribution >= 0.6 is 0 Å². The van der Waals surface area contributed by atoms with Crippen LogP contribution < -0.4 is 0 Å². The Hall–Kier alpha value is -0.980. The summed E-state index contributed by atoms with van der Waals surface area (Å²) in [6.07, 6.45) is -2.23. The minimum absolute atomic E-state index is 0.0555. The van der Waals surface area contributed by atoms with Crippen LogP contribution in [0.25, 0.3) is 0 Å². The van der Waals surface area contributed by atoms with Crippen molar-refractivity contribution >= 4 is 11.8 Å². The monoisotopic (exact) mass is 366 g/mol. The molecular weight excluding hydrogens is 336 g/mol. The van der Waals surface area contributed by atoms with E-state index in [0.29, 0.717) is 12.8 Å². The van der Waals surface area contributed by atoms with Gasteiger partial charge in [-0.15, -0.1) is 0 Å². The van der Waals surface area contributed by atoms with Crippen LogP contribution in [0.5, 0.6) is 0 Å². The van der Waals surface area contributed by atoms with Gasteiger partial charge < -0.3 is 20.1 Å². The van der Waals surface area contributed by atoms with Crippen molar-refractivity contribution in [1.29, 1.82) is 0 Å². The zero-order valence-corrected chi connectivity index (χ0v) is 15.9. The maximum Gasteiger partial charge on any atom is 0.306 e. The molecule has 4 rings (SSSR count). The maximum atomic E-state index is 13.3. The van der Waals surface area contributed by atoms with Crippen LogP contribution in [0.2, 0.25) is 0 Å². The summed E-state index contributed by atoms with van der Waals surface area (Å²) in [5.41, 5.74) is -1.48. The first kappa shape index (κ1) is 18.4. The van der Waals surface area contributed by atoms with Crippen molar-refractivity contribution < 1.29 is 29.6 Å². The zero-order chi connectivity index (χ0) is 19.2. The predicted molar refractivity (Wildman–Crippen MR) is 91.8 cm³/mol.